The molecule has 0 atom stereocenters. The first-order chi connectivity index (χ1) is 4.91. The van der Waals surface area contributed by atoms with Gasteiger partial charge in [0.2, 0.25) is 0 Å². The molecular formula is C10H12Zn. The van der Waals surface area contributed by atoms with Crippen LogP contribution in [0.4, 0.5) is 0 Å². The van der Waals surface area contributed by atoms with Gasteiger partial charge in [-0.25, -0.2) is 19.1 Å². The van der Waals surface area contributed by atoms with Gasteiger partial charge in [0.1, 0.15) is 0 Å². The van der Waals surface area contributed by atoms with Crippen LogP contribution in [0, 0.1) is 12.5 Å². The quantitative estimate of drug-likeness (QED) is 0.480. The minimum absolute atomic E-state index is 0. The summed E-state index contributed by atoms with van der Waals surface area (Å²) in [6.07, 6.45) is 3.64. The fourth-order valence-corrected chi connectivity index (χ4v) is 0.342. The van der Waals surface area contributed by atoms with Crippen LogP contribution in [0.25, 0.3) is 0 Å². The van der Waals surface area contributed by atoms with E-state index in [0.717, 1.165) is 0 Å². The van der Waals surface area contributed by atoms with Crippen LogP contribution in [-0.2, 0) is 19.5 Å². The second kappa shape index (κ2) is 12.2. The fraction of sp³-hybridized carbons (Fsp3) is 0.100. The number of benzene rings is 1. The van der Waals surface area contributed by atoms with E-state index in [9.17, 15) is 0 Å². The Kier molecular flexibility index (Phi) is 14.5. The Morgan fingerprint density at radius 2 is 1.73 bits per heavy atom. The van der Waals surface area contributed by atoms with E-state index in [0.29, 0.717) is 0 Å². The normalized spacial score (nSPS) is 6.27. The van der Waals surface area contributed by atoms with Crippen LogP contribution in [0.2, 0.25) is 0 Å². The summed E-state index contributed by atoms with van der Waals surface area (Å²) in [6, 6.07) is 12.5. The van der Waals surface area contributed by atoms with Crippen molar-refractivity contribution in [1.82, 2.24) is 0 Å². The second-order valence-corrected chi connectivity index (χ2v) is 1.65. The van der Waals surface area contributed by atoms with Crippen molar-refractivity contribution in [3.8, 4) is 0 Å². The van der Waals surface area contributed by atoms with Crippen LogP contribution in [0.5, 0.6) is 0 Å². The Hall–Kier alpha value is -0.547. The van der Waals surface area contributed by atoms with Gasteiger partial charge in [-0.15, -0.1) is 6.92 Å². The van der Waals surface area contributed by atoms with Crippen molar-refractivity contribution in [2.24, 2.45) is 0 Å². The zero-order valence-electron chi connectivity index (χ0n) is 6.96. The molecule has 0 aliphatic heterocycles. The number of rotatable bonds is 1. The summed E-state index contributed by atoms with van der Waals surface area (Å²) in [5.74, 6) is 0. The predicted molar refractivity (Wildman–Crippen MR) is 45.4 cm³/mol. The summed E-state index contributed by atoms with van der Waals surface area (Å²) in [6.45, 7) is 5.36. The van der Waals surface area contributed by atoms with E-state index in [1.165, 1.54) is 0 Å². The van der Waals surface area contributed by atoms with E-state index in [1.54, 1.807) is 6.08 Å². The number of hydrogen-bond donors (Lipinski definition) is 0. The van der Waals surface area contributed by atoms with Gasteiger partial charge in [-0.05, 0) is 0 Å². The van der Waals surface area contributed by atoms with E-state index in [4.69, 9.17) is 0 Å². The van der Waals surface area contributed by atoms with Gasteiger partial charge < -0.3 is 0 Å². The molecule has 0 saturated carbocycles. The summed E-state index contributed by atoms with van der Waals surface area (Å²) in [4.78, 5) is 0. The van der Waals surface area contributed by atoms with Crippen molar-refractivity contribution in [3.63, 3.8) is 0 Å². The van der Waals surface area contributed by atoms with Crippen LogP contribution >= 0.6 is 0 Å². The van der Waals surface area contributed by atoms with Crippen molar-refractivity contribution in [2.75, 3.05) is 0 Å². The molecule has 0 aliphatic rings. The van der Waals surface area contributed by atoms with Crippen molar-refractivity contribution < 1.29 is 19.5 Å². The molecule has 0 radical (unpaired) electrons. The van der Waals surface area contributed by atoms with Crippen molar-refractivity contribution in [1.29, 1.82) is 0 Å². The first-order valence-electron chi connectivity index (χ1n) is 3.23. The monoisotopic (exact) mass is 196 g/mol. The summed E-state index contributed by atoms with van der Waals surface area (Å²) in [5, 5.41) is 0. The molecule has 0 amide bonds. The molecule has 0 heterocycles. The Morgan fingerprint density at radius 1 is 1.27 bits per heavy atom. The fourth-order valence-electron chi connectivity index (χ4n) is 0.342. The average Bonchev–Trinajstić information content (AvgIpc) is 2.08. The maximum Gasteiger partial charge on any atom is 2.00 e. The van der Waals surface area contributed by atoms with Gasteiger partial charge in [0.15, 0.2) is 0 Å². The molecule has 0 spiro atoms. The first-order valence-corrected chi connectivity index (χ1v) is 3.23. The molecule has 11 heavy (non-hydrogen) atoms. The van der Waals surface area contributed by atoms with Crippen molar-refractivity contribution >= 4 is 0 Å². The van der Waals surface area contributed by atoms with Gasteiger partial charge in [-0.1, -0.05) is 0 Å². The third-order valence-electron chi connectivity index (χ3n) is 0.843. The predicted octanol–water partition coefficient (Wildman–Crippen LogP) is 2.88. The summed E-state index contributed by atoms with van der Waals surface area (Å²) >= 11 is 0. The van der Waals surface area contributed by atoms with Gasteiger partial charge in [-0.2, -0.15) is 36.4 Å². The Morgan fingerprint density at radius 3 is 1.82 bits per heavy atom. The van der Waals surface area contributed by atoms with Gasteiger partial charge in [0.25, 0.3) is 0 Å². The molecule has 0 nitrogen and oxygen atoms in total. The van der Waals surface area contributed by atoms with Crippen molar-refractivity contribution in [3.05, 3.63) is 55.5 Å². The van der Waals surface area contributed by atoms with Gasteiger partial charge in [-0.3, -0.25) is 0 Å². The van der Waals surface area contributed by atoms with E-state index in [1.807, 2.05) is 43.7 Å². The molecule has 0 unspecified atom stereocenters. The summed E-state index contributed by atoms with van der Waals surface area (Å²) < 4.78 is 0. The molecule has 0 fully saturated rings. The maximum atomic E-state index is 3.42. The summed E-state index contributed by atoms with van der Waals surface area (Å²) in [7, 11) is 0. The SMILES string of the molecule is C=C[CH-]C.[Zn+2].[c-]1ccccc1. The van der Waals surface area contributed by atoms with E-state index >= 15 is 0 Å². The second-order valence-electron chi connectivity index (χ2n) is 1.65. The third-order valence-corrected chi connectivity index (χ3v) is 0.843. The van der Waals surface area contributed by atoms with Gasteiger partial charge in [0.05, 0.1) is 0 Å². The van der Waals surface area contributed by atoms with E-state index in [2.05, 4.69) is 12.6 Å². The summed E-state index contributed by atoms with van der Waals surface area (Å²) in [5.41, 5.74) is 0. The molecule has 0 bridgehead atoms. The van der Waals surface area contributed by atoms with Crippen LogP contribution in [0.15, 0.2) is 43.0 Å². The molecule has 0 N–H and O–H groups in total. The van der Waals surface area contributed by atoms with Crippen LogP contribution in [0.3, 0.4) is 0 Å². The molecule has 1 aromatic rings. The van der Waals surface area contributed by atoms with Crippen LogP contribution in [0.1, 0.15) is 6.92 Å². The number of hydrogen-bond acceptors (Lipinski definition) is 0. The Balaban J connectivity index is 0. The smallest absolute Gasteiger partial charge is 0.245 e. The third kappa shape index (κ3) is 12.6. The van der Waals surface area contributed by atoms with E-state index in [-0.39, 0.29) is 19.5 Å². The van der Waals surface area contributed by atoms with Crippen LogP contribution < -0.4 is 0 Å². The molecule has 1 rings (SSSR count). The van der Waals surface area contributed by atoms with Gasteiger partial charge >= 0.3 is 19.5 Å². The topological polar surface area (TPSA) is 0 Å². The Labute approximate surface area is 82.1 Å². The molecule has 1 aromatic carbocycles. The molecule has 0 saturated heterocycles. The van der Waals surface area contributed by atoms with E-state index < -0.39 is 0 Å². The zero-order valence-corrected chi connectivity index (χ0v) is 9.92. The zero-order chi connectivity index (χ0) is 7.66. The Bertz CT molecular complexity index is 120. The first kappa shape index (κ1) is 13.1. The van der Waals surface area contributed by atoms with Crippen LogP contribution in [-0.4, -0.2) is 0 Å². The molecule has 1 heteroatoms. The molecular weight excluding hydrogens is 185 g/mol. The average molecular weight is 198 g/mol. The van der Waals surface area contributed by atoms with Gasteiger partial charge in [0, 0.05) is 0 Å². The molecule has 0 aliphatic carbocycles. The minimum Gasteiger partial charge on any atom is -0.245 e. The standard InChI is InChI=1S/C6H5.C4H7.Zn/c1-2-4-6-5-3-1;1-3-4-2;/h1-5H;3-4H,1H2,2H3;/q2*-1;+2. The number of allylic oxidation sites excluding steroid dienone is 1. The maximum absolute atomic E-state index is 3.42. The largest absolute Gasteiger partial charge is 2.00 e. The molecule has 54 valence electrons. The minimum atomic E-state index is 0. The van der Waals surface area contributed by atoms with Crippen molar-refractivity contribution in [2.45, 2.75) is 6.92 Å². The molecule has 0 aromatic heterocycles.